The van der Waals surface area contributed by atoms with E-state index in [9.17, 15) is 9.50 Å². The molecule has 28 heavy (non-hydrogen) atoms. The molecule has 0 saturated carbocycles. The highest BCUT2D eigenvalue weighted by Crippen LogP contribution is 2.32. The van der Waals surface area contributed by atoms with Crippen LogP contribution in [0.2, 0.25) is 0 Å². The van der Waals surface area contributed by atoms with Gasteiger partial charge in [-0.2, -0.15) is 0 Å². The van der Waals surface area contributed by atoms with Crippen LogP contribution in [0, 0.1) is 12.7 Å². The number of para-hydroxylation sites is 2. The summed E-state index contributed by atoms with van der Waals surface area (Å²) < 4.78 is 14.0. The second-order valence-corrected chi connectivity index (χ2v) is 7.43. The fourth-order valence-electron chi connectivity index (χ4n) is 3.77. The molecule has 1 aromatic heterocycles. The minimum atomic E-state index is -0.259. The van der Waals surface area contributed by atoms with Crippen molar-refractivity contribution in [3.05, 3.63) is 59.5 Å². The van der Waals surface area contributed by atoms with Gasteiger partial charge in [0.1, 0.15) is 11.6 Å². The molecule has 0 aliphatic carbocycles. The lowest BCUT2D eigenvalue weighted by atomic mass is 10.0. The average Bonchev–Trinajstić information content (AvgIpc) is 2.69. The first-order valence-electron chi connectivity index (χ1n) is 9.73. The molecule has 146 valence electrons. The van der Waals surface area contributed by atoms with E-state index in [1.807, 2.05) is 44.2 Å². The summed E-state index contributed by atoms with van der Waals surface area (Å²) in [5, 5.41) is 13.2. The molecule has 3 aromatic rings. The van der Waals surface area contributed by atoms with Crippen LogP contribution in [0.3, 0.4) is 0 Å². The Morgan fingerprint density at radius 3 is 2.50 bits per heavy atom. The quantitative estimate of drug-likeness (QED) is 0.710. The number of rotatable bonds is 4. The Kier molecular flexibility index (Phi) is 5.13. The molecule has 2 N–H and O–H groups in total. The third-order valence-electron chi connectivity index (χ3n) is 5.36. The van der Waals surface area contributed by atoms with Gasteiger partial charge >= 0.3 is 0 Å². The van der Waals surface area contributed by atoms with Crippen molar-refractivity contribution in [2.24, 2.45) is 0 Å². The summed E-state index contributed by atoms with van der Waals surface area (Å²) in [5.41, 5.74) is 4.37. The zero-order chi connectivity index (χ0) is 19.7. The number of fused-ring (bicyclic) bond motifs is 1. The molecule has 1 saturated heterocycles. The molecule has 2 aromatic carbocycles. The van der Waals surface area contributed by atoms with Gasteiger partial charge < -0.3 is 15.3 Å². The lowest BCUT2D eigenvalue weighted by Crippen LogP contribution is -2.36. The van der Waals surface area contributed by atoms with Gasteiger partial charge in [-0.25, -0.2) is 14.4 Å². The zero-order valence-corrected chi connectivity index (χ0v) is 16.2. The maximum absolute atomic E-state index is 14.0. The van der Waals surface area contributed by atoms with Gasteiger partial charge in [0.2, 0.25) is 0 Å². The van der Waals surface area contributed by atoms with Crippen molar-refractivity contribution in [3.63, 3.8) is 0 Å². The van der Waals surface area contributed by atoms with Crippen molar-refractivity contribution in [2.45, 2.75) is 38.8 Å². The lowest BCUT2D eigenvalue weighted by molar-refractivity contribution is 0.145. The normalized spacial score (nSPS) is 16.4. The van der Waals surface area contributed by atoms with Crippen LogP contribution in [0.5, 0.6) is 0 Å². The average molecular weight is 380 g/mol. The summed E-state index contributed by atoms with van der Waals surface area (Å²) >= 11 is 0. The summed E-state index contributed by atoms with van der Waals surface area (Å²) in [6.07, 6.45) is 1.22. The molecule has 1 atom stereocenters. The van der Waals surface area contributed by atoms with Crippen molar-refractivity contribution >= 4 is 22.5 Å². The predicted octanol–water partition coefficient (Wildman–Crippen LogP) is 4.21. The second kappa shape index (κ2) is 7.72. The molecule has 1 aliphatic heterocycles. The number of aromatic nitrogens is 2. The number of benzene rings is 2. The van der Waals surface area contributed by atoms with Crippen LogP contribution in [-0.2, 0) is 0 Å². The largest absolute Gasteiger partial charge is 0.393 e. The Balaban J connectivity index is 1.64. The lowest BCUT2D eigenvalue weighted by Gasteiger charge is -2.34. The molecule has 5 nitrogen and oxygen atoms in total. The van der Waals surface area contributed by atoms with E-state index >= 15 is 0 Å². The van der Waals surface area contributed by atoms with Crippen LogP contribution in [0.25, 0.3) is 11.0 Å². The number of nitrogens with one attached hydrogen (secondary N) is 1. The standard InChI is InChI=1S/C22H25FN4O/c1-14(25-22-15(2)24-19-5-3-4-6-20(19)26-22)18-13-16(23)7-8-21(18)27-11-9-17(28)10-12-27/h3-8,13-14,17,28H,9-12H2,1-2H3,(H,25,26). The molecule has 1 fully saturated rings. The molecule has 1 unspecified atom stereocenters. The van der Waals surface area contributed by atoms with Gasteiger partial charge in [-0.15, -0.1) is 0 Å². The van der Waals surface area contributed by atoms with Gasteiger partial charge in [0.25, 0.3) is 0 Å². The highest BCUT2D eigenvalue weighted by atomic mass is 19.1. The Labute approximate surface area is 164 Å². The number of halogens is 1. The van der Waals surface area contributed by atoms with Gasteiger partial charge in [0.05, 0.1) is 28.9 Å². The number of nitrogens with zero attached hydrogens (tertiary/aromatic N) is 3. The van der Waals surface area contributed by atoms with Gasteiger partial charge in [-0.3, -0.25) is 0 Å². The SMILES string of the molecule is Cc1nc2ccccc2nc1NC(C)c1cc(F)ccc1N1CCC(O)CC1. The van der Waals surface area contributed by atoms with Crippen LogP contribution in [0.1, 0.15) is 37.1 Å². The number of aryl methyl sites for hydroxylation is 1. The van der Waals surface area contributed by atoms with Crippen molar-refractivity contribution in [1.29, 1.82) is 0 Å². The first kappa shape index (κ1) is 18.6. The van der Waals surface area contributed by atoms with Crippen LogP contribution >= 0.6 is 0 Å². The molecule has 0 radical (unpaired) electrons. The number of aliphatic hydroxyl groups is 1. The van der Waals surface area contributed by atoms with E-state index in [0.717, 1.165) is 53.9 Å². The third-order valence-corrected chi connectivity index (χ3v) is 5.36. The van der Waals surface area contributed by atoms with E-state index < -0.39 is 0 Å². The number of hydrogen-bond acceptors (Lipinski definition) is 5. The van der Waals surface area contributed by atoms with E-state index in [1.165, 1.54) is 6.07 Å². The predicted molar refractivity (Wildman–Crippen MR) is 110 cm³/mol. The number of aliphatic hydroxyl groups excluding tert-OH is 1. The van der Waals surface area contributed by atoms with Gasteiger partial charge in [-0.05, 0) is 57.0 Å². The molecule has 0 spiro atoms. The van der Waals surface area contributed by atoms with Gasteiger partial charge in [-0.1, -0.05) is 12.1 Å². The highest BCUT2D eigenvalue weighted by molar-refractivity contribution is 5.76. The van der Waals surface area contributed by atoms with E-state index in [4.69, 9.17) is 4.98 Å². The fourth-order valence-corrected chi connectivity index (χ4v) is 3.77. The summed E-state index contributed by atoms with van der Waals surface area (Å²) in [6, 6.07) is 12.5. The number of anilines is 2. The highest BCUT2D eigenvalue weighted by Gasteiger charge is 2.22. The Bertz CT molecular complexity index is 985. The Morgan fingerprint density at radius 2 is 1.79 bits per heavy atom. The van der Waals surface area contributed by atoms with Crippen molar-refractivity contribution < 1.29 is 9.50 Å². The molecule has 6 heteroatoms. The summed E-state index contributed by atoms with van der Waals surface area (Å²) in [4.78, 5) is 11.5. The van der Waals surface area contributed by atoms with Crippen molar-refractivity contribution in [2.75, 3.05) is 23.3 Å². The van der Waals surface area contributed by atoms with Gasteiger partial charge in [0, 0.05) is 24.3 Å². The van der Waals surface area contributed by atoms with Gasteiger partial charge in [0.15, 0.2) is 0 Å². The van der Waals surface area contributed by atoms with E-state index in [-0.39, 0.29) is 18.0 Å². The Morgan fingerprint density at radius 1 is 1.11 bits per heavy atom. The first-order valence-corrected chi connectivity index (χ1v) is 9.73. The molecule has 2 heterocycles. The molecular formula is C22H25FN4O. The molecule has 0 amide bonds. The van der Waals surface area contributed by atoms with Crippen molar-refractivity contribution in [1.82, 2.24) is 9.97 Å². The second-order valence-electron chi connectivity index (χ2n) is 7.43. The summed E-state index contributed by atoms with van der Waals surface area (Å²) in [5.74, 6) is 0.446. The fraction of sp³-hybridized carbons (Fsp3) is 0.364. The van der Waals surface area contributed by atoms with Crippen LogP contribution < -0.4 is 10.2 Å². The van der Waals surface area contributed by atoms with E-state index in [1.54, 1.807) is 6.07 Å². The van der Waals surface area contributed by atoms with Crippen LogP contribution in [0.4, 0.5) is 15.9 Å². The molecule has 4 rings (SSSR count). The topological polar surface area (TPSA) is 61.3 Å². The Hall–Kier alpha value is -2.73. The van der Waals surface area contributed by atoms with Crippen LogP contribution in [-0.4, -0.2) is 34.3 Å². The van der Waals surface area contributed by atoms with Crippen molar-refractivity contribution in [3.8, 4) is 0 Å². The minimum absolute atomic E-state index is 0.147. The number of hydrogen-bond donors (Lipinski definition) is 2. The third kappa shape index (κ3) is 3.78. The smallest absolute Gasteiger partial charge is 0.148 e. The van der Waals surface area contributed by atoms with E-state index in [2.05, 4.69) is 15.2 Å². The maximum atomic E-state index is 14.0. The monoisotopic (exact) mass is 380 g/mol. The number of piperidine rings is 1. The minimum Gasteiger partial charge on any atom is -0.393 e. The molecule has 0 bridgehead atoms. The zero-order valence-electron chi connectivity index (χ0n) is 16.2. The van der Waals surface area contributed by atoms with E-state index in [0.29, 0.717) is 5.82 Å². The maximum Gasteiger partial charge on any atom is 0.148 e. The van der Waals surface area contributed by atoms with Crippen LogP contribution in [0.15, 0.2) is 42.5 Å². The molecular weight excluding hydrogens is 355 g/mol. The summed E-state index contributed by atoms with van der Waals surface area (Å²) in [6.45, 7) is 5.46. The first-order chi connectivity index (χ1) is 13.5. The summed E-state index contributed by atoms with van der Waals surface area (Å²) in [7, 11) is 0. The molecule has 1 aliphatic rings.